The Kier molecular flexibility index (Phi) is 5.23. The lowest BCUT2D eigenvalue weighted by molar-refractivity contribution is 0.102. The van der Waals surface area contributed by atoms with E-state index >= 15 is 0 Å². The van der Waals surface area contributed by atoms with Crippen LogP contribution in [-0.2, 0) is 5.75 Å². The highest BCUT2D eigenvalue weighted by Gasteiger charge is 2.15. The fourth-order valence-corrected chi connectivity index (χ4v) is 4.01. The van der Waals surface area contributed by atoms with Crippen LogP contribution in [0.15, 0.2) is 39.1 Å². The molecule has 24 heavy (non-hydrogen) atoms. The van der Waals surface area contributed by atoms with E-state index in [-0.39, 0.29) is 5.91 Å². The summed E-state index contributed by atoms with van der Waals surface area (Å²) in [4.78, 5) is 12.2. The van der Waals surface area contributed by atoms with Crippen LogP contribution in [0.25, 0.3) is 0 Å². The molecular formula is C16H14ClN3O2S2. The van der Waals surface area contributed by atoms with Crippen LogP contribution in [0.2, 0.25) is 5.02 Å². The lowest BCUT2D eigenvalue weighted by atomic mass is 10.2. The average molecular weight is 380 g/mol. The predicted octanol–water partition coefficient (Wildman–Crippen LogP) is 4.95. The van der Waals surface area contributed by atoms with Crippen molar-refractivity contribution in [1.82, 2.24) is 10.2 Å². The molecule has 0 bridgehead atoms. The maximum absolute atomic E-state index is 12.2. The van der Waals surface area contributed by atoms with Crippen molar-refractivity contribution >= 4 is 45.7 Å². The lowest BCUT2D eigenvalue weighted by Crippen LogP contribution is -2.11. The molecule has 2 heterocycles. The molecular weight excluding hydrogens is 366 g/mol. The zero-order chi connectivity index (χ0) is 17.1. The minimum Gasteiger partial charge on any atom is -0.466 e. The van der Waals surface area contributed by atoms with E-state index in [1.807, 2.05) is 24.3 Å². The van der Waals surface area contributed by atoms with Gasteiger partial charge in [0.2, 0.25) is 5.13 Å². The molecule has 124 valence electrons. The molecule has 1 aromatic carbocycles. The molecule has 0 aliphatic carbocycles. The van der Waals surface area contributed by atoms with E-state index in [0.29, 0.717) is 27.2 Å². The van der Waals surface area contributed by atoms with Crippen LogP contribution in [0.1, 0.15) is 27.4 Å². The van der Waals surface area contributed by atoms with Crippen LogP contribution >= 0.6 is 34.7 Å². The third-order valence-electron chi connectivity index (χ3n) is 3.16. The molecule has 0 aliphatic heterocycles. The number of aromatic nitrogens is 2. The Morgan fingerprint density at radius 2 is 2.17 bits per heavy atom. The third-order valence-corrected chi connectivity index (χ3v) is 5.44. The normalized spacial score (nSPS) is 10.8. The number of carbonyl (C=O) groups is 1. The first-order valence-corrected chi connectivity index (χ1v) is 9.28. The Hall–Kier alpha value is -1.83. The number of furan rings is 1. The van der Waals surface area contributed by atoms with Gasteiger partial charge in [0.05, 0.1) is 5.56 Å². The zero-order valence-corrected chi connectivity index (χ0v) is 15.4. The summed E-state index contributed by atoms with van der Waals surface area (Å²) in [5, 5.41) is 12.0. The van der Waals surface area contributed by atoms with E-state index in [4.69, 9.17) is 16.0 Å². The summed E-state index contributed by atoms with van der Waals surface area (Å²) in [6.07, 6.45) is 0. The minimum atomic E-state index is -0.244. The van der Waals surface area contributed by atoms with Gasteiger partial charge < -0.3 is 4.42 Å². The van der Waals surface area contributed by atoms with Gasteiger partial charge in [-0.3, -0.25) is 10.1 Å². The Labute approximate surface area is 152 Å². The summed E-state index contributed by atoms with van der Waals surface area (Å²) in [7, 11) is 0. The number of nitrogens with one attached hydrogen (secondary N) is 1. The Balaban J connectivity index is 1.61. The van der Waals surface area contributed by atoms with E-state index in [2.05, 4.69) is 15.5 Å². The lowest BCUT2D eigenvalue weighted by Gasteiger charge is -1.99. The van der Waals surface area contributed by atoms with Gasteiger partial charge in [-0.15, -0.1) is 10.2 Å². The number of aryl methyl sites for hydroxylation is 2. The van der Waals surface area contributed by atoms with Gasteiger partial charge in [-0.05, 0) is 37.6 Å². The molecule has 5 nitrogen and oxygen atoms in total. The summed E-state index contributed by atoms with van der Waals surface area (Å²) in [6, 6.07) is 9.39. The van der Waals surface area contributed by atoms with Crippen LogP contribution in [0.5, 0.6) is 0 Å². The molecule has 0 saturated carbocycles. The van der Waals surface area contributed by atoms with Gasteiger partial charge in [0, 0.05) is 10.8 Å². The van der Waals surface area contributed by atoms with E-state index in [1.165, 1.54) is 11.3 Å². The van der Waals surface area contributed by atoms with Gasteiger partial charge in [0.15, 0.2) is 4.34 Å². The van der Waals surface area contributed by atoms with Gasteiger partial charge in [-0.25, -0.2) is 0 Å². The van der Waals surface area contributed by atoms with Gasteiger partial charge in [0.1, 0.15) is 11.5 Å². The molecule has 0 fully saturated rings. The van der Waals surface area contributed by atoms with Crippen molar-refractivity contribution in [2.45, 2.75) is 23.9 Å². The number of thioether (sulfide) groups is 1. The first-order chi connectivity index (χ1) is 11.5. The van der Waals surface area contributed by atoms with Crippen LogP contribution in [0.3, 0.4) is 0 Å². The molecule has 0 atom stereocenters. The van der Waals surface area contributed by atoms with Gasteiger partial charge in [-0.2, -0.15) is 0 Å². The number of hydrogen-bond donors (Lipinski definition) is 1. The summed E-state index contributed by atoms with van der Waals surface area (Å²) < 4.78 is 6.15. The highest BCUT2D eigenvalue weighted by molar-refractivity contribution is 8.00. The molecule has 0 radical (unpaired) electrons. The van der Waals surface area contributed by atoms with Crippen molar-refractivity contribution in [3.63, 3.8) is 0 Å². The smallest absolute Gasteiger partial charge is 0.261 e. The molecule has 2 aromatic heterocycles. The van der Waals surface area contributed by atoms with Crippen LogP contribution < -0.4 is 5.32 Å². The highest BCUT2D eigenvalue weighted by atomic mass is 35.5. The number of carbonyl (C=O) groups excluding carboxylic acids is 1. The number of amides is 1. The molecule has 0 saturated heterocycles. The van der Waals surface area contributed by atoms with Crippen molar-refractivity contribution in [2.75, 3.05) is 5.32 Å². The first-order valence-electron chi connectivity index (χ1n) is 7.10. The summed E-state index contributed by atoms with van der Waals surface area (Å²) in [5.74, 6) is 1.79. The number of rotatable bonds is 5. The Morgan fingerprint density at radius 3 is 2.88 bits per heavy atom. The van der Waals surface area contributed by atoms with Crippen molar-refractivity contribution in [3.8, 4) is 0 Å². The predicted molar refractivity (Wildman–Crippen MR) is 97.1 cm³/mol. The fraction of sp³-hybridized carbons (Fsp3) is 0.188. The first kappa shape index (κ1) is 17.0. The topological polar surface area (TPSA) is 68.0 Å². The number of anilines is 1. The quantitative estimate of drug-likeness (QED) is 0.502. The fourth-order valence-electron chi connectivity index (χ4n) is 2.11. The summed E-state index contributed by atoms with van der Waals surface area (Å²) in [5.41, 5.74) is 1.62. The van der Waals surface area contributed by atoms with Crippen molar-refractivity contribution in [2.24, 2.45) is 0 Å². The minimum absolute atomic E-state index is 0.244. The van der Waals surface area contributed by atoms with Crippen molar-refractivity contribution in [1.29, 1.82) is 0 Å². The number of nitrogens with zero attached hydrogens (tertiary/aromatic N) is 2. The maximum atomic E-state index is 12.2. The van der Waals surface area contributed by atoms with Crippen molar-refractivity contribution in [3.05, 3.63) is 58.0 Å². The van der Waals surface area contributed by atoms with Crippen LogP contribution in [0, 0.1) is 13.8 Å². The summed E-state index contributed by atoms with van der Waals surface area (Å²) >= 11 is 8.86. The van der Waals surface area contributed by atoms with E-state index < -0.39 is 0 Å². The Morgan fingerprint density at radius 1 is 1.33 bits per heavy atom. The zero-order valence-electron chi connectivity index (χ0n) is 13.0. The van der Waals surface area contributed by atoms with Crippen molar-refractivity contribution < 1.29 is 9.21 Å². The van der Waals surface area contributed by atoms with E-state index in [0.717, 1.165) is 15.7 Å². The van der Waals surface area contributed by atoms with Gasteiger partial charge >= 0.3 is 0 Å². The molecule has 8 heteroatoms. The molecule has 1 N–H and O–H groups in total. The summed E-state index contributed by atoms with van der Waals surface area (Å²) in [6.45, 7) is 3.56. The number of halogens is 1. The largest absolute Gasteiger partial charge is 0.466 e. The standard InChI is InChI=1S/C16H14ClN3O2S2/c1-9-6-13(10(2)22-9)14(21)18-15-19-20-16(24-15)23-8-11-4-3-5-12(17)7-11/h3-7H,8H2,1-2H3,(H,18,19,21). The van der Waals surface area contributed by atoms with Gasteiger partial charge in [-0.1, -0.05) is 46.8 Å². The molecule has 1 amide bonds. The van der Waals surface area contributed by atoms with E-state index in [1.54, 1.807) is 31.7 Å². The highest BCUT2D eigenvalue weighted by Crippen LogP contribution is 2.29. The Bertz CT molecular complexity index is 876. The molecule has 3 rings (SSSR count). The SMILES string of the molecule is Cc1cc(C(=O)Nc2nnc(SCc3cccc(Cl)c3)s2)c(C)o1. The van der Waals surface area contributed by atoms with Crippen LogP contribution in [0.4, 0.5) is 5.13 Å². The maximum Gasteiger partial charge on any atom is 0.261 e. The molecule has 3 aromatic rings. The number of hydrogen-bond acceptors (Lipinski definition) is 6. The second-order valence-corrected chi connectivity index (χ2v) is 7.71. The molecule has 0 unspecified atom stereocenters. The second kappa shape index (κ2) is 7.38. The second-order valence-electron chi connectivity index (χ2n) is 5.07. The average Bonchev–Trinajstić information content (AvgIpc) is 3.11. The van der Waals surface area contributed by atoms with E-state index in [9.17, 15) is 4.79 Å². The monoisotopic (exact) mass is 379 g/mol. The van der Waals surface area contributed by atoms with Gasteiger partial charge in [0.25, 0.3) is 5.91 Å². The number of benzene rings is 1. The molecule has 0 spiro atoms. The van der Waals surface area contributed by atoms with Crippen LogP contribution in [-0.4, -0.2) is 16.1 Å². The molecule has 0 aliphatic rings. The third kappa shape index (κ3) is 4.17.